The molecule has 0 aliphatic carbocycles. The van der Waals surface area contributed by atoms with Crippen LogP contribution in [0.2, 0.25) is 0 Å². The number of rotatable bonds is 16. The van der Waals surface area contributed by atoms with Gasteiger partial charge in [-0.15, -0.1) is 4.13 Å². The van der Waals surface area contributed by atoms with Crippen LogP contribution in [-0.2, 0) is 20.0 Å². The van der Waals surface area contributed by atoms with E-state index in [9.17, 15) is 16.8 Å². The summed E-state index contributed by atoms with van der Waals surface area (Å²) in [4.78, 5) is -0.215. The lowest BCUT2D eigenvalue weighted by Crippen LogP contribution is -2.31. The number of nitrogens with one attached hydrogen (secondary N) is 1. The van der Waals surface area contributed by atoms with Crippen molar-refractivity contribution in [2.45, 2.75) is 88.9 Å². The molecule has 7 nitrogen and oxygen atoms in total. The highest BCUT2D eigenvalue weighted by Gasteiger charge is 2.27. The lowest BCUT2D eigenvalue weighted by molar-refractivity contribution is 0.304. The molecule has 0 fully saturated rings. The van der Waals surface area contributed by atoms with Crippen molar-refractivity contribution in [3.05, 3.63) is 47.5 Å². The number of hydrogen-bond acceptors (Lipinski definition) is 6. The van der Waals surface area contributed by atoms with E-state index in [4.69, 9.17) is 9.47 Å². The van der Waals surface area contributed by atoms with Crippen LogP contribution < -0.4 is 13.6 Å². The number of sulfonamides is 2. The fourth-order valence-corrected chi connectivity index (χ4v) is 7.03. The third-order valence-electron chi connectivity index (χ3n) is 5.62. The Hall–Kier alpha value is -2.10. The molecule has 0 saturated carbocycles. The molecule has 0 aromatic heterocycles. The van der Waals surface area contributed by atoms with Crippen molar-refractivity contribution >= 4 is 20.0 Å². The van der Waals surface area contributed by atoms with E-state index in [1.54, 1.807) is 38.1 Å². The van der Waals surface area contributed by atoms with Crippen LogP contribution in [0.5, 0.6) is 11.5 Å². The van der Waals surface area contributed by atoms with Crippen LogP contribution >= 0.6 is 0 Å². The summed E-state index contributed by atoms with van der Waals surface area (Å²) in [6.45, 7) is 8.61. The first-order chi connectivity index (χ1) is 16.6. The van der Waals surface area contributed by atoms with Crippen molar-refractivity contribution in [2.24, 2.45) is 0 Å². The second-order valence-corrected chi connectivity index (χ2v) is 12.3. The first kappa shape index (κ1) is 29.1. The molecule has 0 aliphatic rings. The Morgan fingerprint density at radius 2 is 1.03 bits per heavy atom. The highest BCUT2D eigenvalue weighted by molar-refractivity contribution is 8.04. The minimum absolute atomic E-state index is 0.107. The molecule has 35 heavy (non-hydrogen) atoms. The average Bonchev–Trinajstić information content (AvgIpc) is 2.78. The van der Waals surface area contributed by atoms with Gasteiger partial charge in [-0.25, -0.2) is 16.8 Å². The quantitative estimate of drug-likeness (QED) is 0.274. The third kappa shape index (κ3) is 9.13. The first-order valence-corrected chi connectivity index (χ1v) is 15.3. The minimum atomic E-state index is -4.32. The molecule has 0 unspecified atom stereocenters. The number of unbranched alkanes of at least 4 members (excludes halogenated alkanes) is 6. The standard InChI is InChI=1S/C26H39NO6S2/c1-5-7-9-11-17-32-23-13-15-25(21(3)19-23)34(28,29)27-35(30,31)26-16-14-24(20-22(26)4)33-18-12-10-8-6-2/h13-16,19-20,27H,5-12,17-18H2,1-4H3. The second kappa shape index (κ2) is 13.8. The van der Waals surface area contributed by atoms with Gasteiger partial charge in [-0.2, -0.15) is 0 Å². The Balaban J connectivity index is 2.08. The fraction of sp³-hybridized carbons (Fsp3) is 0.538. The highest BCUT2D eigenvalue weighted by Crippen LogP contribution is 2.25. The van der Waals surface area contributed by atoms with E-state index in [0.29, 0.717) is 35.8 Å². The summed E-state index contributed by atoms with van der Waals surface area (Å²) in [6, 6.07) is 9.06. The van der Waals surface area contributed by atoms with E-state index in [0.717, 1.165) is 51.4 Å². The SMILES string of the molecule is CCCCCCOc1ccc(S(=O)(=O)NS(=O)(=O)c2ccc(OCCCCCC)cc2C)c(C)c1. The molecule has 0 aliphatic heterocycles. The molecule has 0 spiro atoms. The highest BCUT2D eigenvalue weighted by atomic mass is 32.3. The molecule has 9 heteroatoms. The van der Waals surface area contributed by atoms with Gasteiger partial charge in [0.05, 0.1) is 23.0 Å². The molecule has 0 amide bonds. The van der Waals surface area contributed by atoms with Gasteiger partial charge in [-0.05, 0) is 74.2 Å². The monoisotopic (exact) mass is 525 g/mol. The molecule has 2 rings (SSSR count). The van der Waals surface area contributed by atoms with E-state index in [-0.39, 0.29) is 9.79 Å². The predicted octanol–water partition coefficient (Wildman–Crippen LogP) is 5.89. The molecule has 0 heterocycles. The van der Waals surface area contributed by atoms with Crippen LogP contribution in [-0.4, -0.2) is 30.0 Å². The van der Waals surface area contributed by atoms with Crippen LogP contribution in [0.25, 0.3) is 0 Å². The largest absolute Gasteiger partial charge is 0.494 e. The van der Waals surface area contributed by atoms with Gasteiger partial charge in [0.2, 0.25) is 0 Å². The van der Waals surface area contributed by atoms with Crippen LogP contribution in [0.3, 0.4) is 0 Å². The first-order valence-electron chi connectivity index (χ1n) is 12.4. The molecule has 0 saturated heterocycles. The van der Waals surface area contributed by atoms with Crippen molar-refractivity contribution in [1.82, 2.24) is 4.13 Å². The van der Waals surface area contributed by atoms with Crippen molar-refractivity contribution in [2.75, 3.05) is 13.2 Å². The van der Waals surface area contributed by atoms with Crippen molar-refractivity contribution in [3.63, 3.8) is 0 Å². The molecule has 0 atom stereocenters. The van der Waals surface area contributed by atoms with Gasteiger partial charge < -0.3 is 9.47 Å². The molecule has 196 valence electrons. The summed E-state index contributed by atoms with van der Waals surface area (Å²) in [5.41, 5.74) is 0.810. The molecule has 0 radical (unpaired) electrons. The number of benzene rings is 2. The third-order valence-corrected chi connectivity index (χ3v) is 9.45. The lowest BCUT2D eigenvalue weighted by atomic mass is 10.2. The van der Waals surface area contributed by atoms with E-state index < -0.39 is 20.0 Å². The Morgan fingerprint density at radius 3 is 1.37 bits per heavy atom. The maximum atomic E-state index is 12.9. The van der Waals surface area contributed by atoms with Gasteiger partial charge in [0.25, 0.3) is 20.0 Å². The lowest BCUT2D eigenvalue weighted by Gasteiger charge is -2.14. The van der Waals surface area contributed by atoms with Crippen molar-refractivity contribution < 1.29 is 26.3 Å². The zero-order chi connectivity index (χ0) is 25.9. The van der Waals surface area contributed by atoms with Gasteiger partial charge in [-0.1, -0.05) is 52.4 Å². The van der Waals surface area contributed by atoms with E-state index in [1.165, 1.54) is 12.1 Å². The summed E-state index contributed by atoms with van der Waals surface area (Å²) >= 11 is 0. The molecular weight excluding hydrogens is 486 g/mol. The number of hydrogen-bond donors (Lipinski definition) is 1. The smallest absolute Gasteiger partial charge is 0.254 e. The Labute approximate surface area is 211 Å². The van der Waals surface area contributed by atoms with Gasteiger partial charge >= 0.3 is 0 Å². The minimum Gasteiger partial charge on any atom is -0.494 e. The number of ether oxygens (including phenoxy) is 2. The van der Waals surface area contributed by atoms with Crippen LogP contribution in [0.1, 0.15) is 76.3 Å². The average molecular weight is 526 g/mol. The van der Waals surface area contributed by atoms with Crippen LogP contribution in [0, 0.1) is 13.8 Å². The summed E-state index contributed by atoms with van der Waals surface area (Å²) in [6.07, 6.45) is 8.58. The summed E-state index contributed by atoms with van der Waals surface area (Å²) in [5, 5.41) is 0. The maximum Gasteiger partial charge on any atom is 0.254 e. The van der Waals surface area contributed by atoms with E-state index >= 15 is 0 Å². The Kier molecular flexibility index (Phi) is 11.5. The molecule has 2 aromatic rings. The summed E-state index contributed by atoms with van der Waals surface area (Å²) in [5.74, 6) is 1.11. The molecule has 0 bridgehead atoms. The second-order valence-electron chi connectivity index (χ2n) is 8.76. The predicted molar refractivity (Wildman–Crippen MR) is 139 cm³/mol. The fourth-order valence-electron chi connectivity index (χ4n) is 3.70. The van der Waals surface area contributed by atoms with Crippen LogP contribution in [0.4, 0.5) is 0 Å². The Morgan fingerprint density at radius 1 is 0.629 bits per heavy atom. The topological polar surface area (TPSA) is 98.8 Å². The van der Waals surface area contributed by atoms with Gasteiger partial charge in [0, 0.05) is 0 Å². The van der Waals surface area contributed by atoms with Crippen molar-refractivity contribution in [3.8, 4) is 11.5 Å². The van der Waals surface area contributed by atoms with Gasteiger partial charge in [-0.3, -0.25) is 0 Å². The van der Waals surface area contributed by atoms with E-state index in [2.05, 4.69) is 13.8 Å². The summed E-state index contributed by atoms with van der Waals surface area (Å²) in [7, 11) is -8.64. The Bertz CT molecular complexity index is 1070. The zero-order valence-corrected chi connectivity index (χ0v) is 22.9. The molecule has 2 aromatic carbocycles. The van der Waals surface area contributed by atoms with Gasteiger partial charge in [0.1, 0.15) is 11.5 Å². The normalized spacial score (nSPS) is 12.0. The number of aryl methyl sites for hydroxylation is 2. The van der Waals surface area contributed by atoms with E-state index in [1.807, 2.05) is 4.13 Å². The van der Waals surface area contributed by atoms with Crippen LogP contribution in [0.15, 0.2) is 46.2 Å². The molecule has 1 N–H and O–H groups in total. The maximum absolute atomic E-state index is 12.9. The zero-order valence-electron chi connectivity index (χ0n) is 21.3. The van der Waals surface area contributed by atoms with Crippen molar-refractivity contribution in [1.29, 1.82) is 0 Å². The molecular formula is C26H39NO6S2. The summed E-state index contributed by atoms with van der Waals surface area (Å²) < 4.78 is 65.0. The van der Waals surface area contributed by atoms with Gasteiger partial charge in [0.15, 0.2) is 0 Å².